The molecule has 2 heteroatoms. The molecule has 2 radical (unpaired) electrons. The third-order valence-corrected chi connectivity index (χ3v) is 14.6. The minimum atomic E-state index is -0.137. The molecule has 9 rings (SSSR count). The third kappa shape index (κ3) is 9.43. The zero-order chi connectivity index (χ0) is 47.0. The molecule has 0 aliphatic heterocycles. The molecule has 0 unspecified atom stereocenters. The Kier molecular flexibility index (Phi) is 13.2. The predicted octanol–water partition coefficient (Wildman–Crippen LogP) is 14.7. The van der Waals surface area contributed by atoms with Gasteiger partial charge in [-0.3, -0.25) is 0 Å². The lowest BCUT2D eigenvalue weighted by Gasteiger charge is -2.35. The van der Waals surface area contributed by atoms with Crippen LogP contribution in [0.1, 0.15) is 97.9 Å². The summed E-state index contributed by atoms with van der Waals surface area (Å²) in [5, 5.41) is 0. The van der Waals surface area contributed by atoms with Crippen LogP contribution >= 0.6 is 0 Å². The summed E-state index contributed by atoms with van der Waals surface area (Å²) in [7, 11) is 4.71. The van der Waals surface area contributed by atoms with Gasteiger partial charge in [0.05, 0.1) is 0 Å². The Bertz CT molecular complexity index is 2990. The normalized spacial score (nSPS) is 12.7. The van der Waals surface area contributed by atoms with Crippen molar-refractivity contribution < 1.29 is 0 Å². The Morgan fingerprint density at radius 2 is 0.672 bits per heavy atom. The number of hydrogen-bond donors (Lipinski definition) is 0. The molecule has 0 fully saturated rings. The van der Waals surface area contributed by atoms with Crippen molar-refractivity contribution in [3.05, 3.63) is 202 Å². The molecule has 0 N–H and O–H groups in total. The molecule has 0 aromatic heterocycles. The summed E-state index contributed by atoms with van der Waals surface area (Å²) >= 11 is 0. The van der Waals surface area contributed by atoms with E-state index in [2.05, 4.69) is 242 Å². The van der Waals surface area contributed by atoms with Gasteiger partial charge < -0.3 is 0 Å². The molecule has 0 amide bonds. The predicted molar refractivity (Wildman–Crippen MR) is 294 cm³/mol. The largest absolute Gasteiger partial charge is 0.192 e. The van der Waals surface area contributed by atoms with Crippen LogP contribution < -0.4 is 21.9 Å². The average molecular weight is 869 g/mol. The monoisotopic (exact) mass is 869 g/mol. The number of aryl methyl sites for hydroxylation is 6. The van der Waals surface area contributed by atoms with Gasteiger partial charge in [-0.2, -0.15) is 0 Å². The van der Waals surface area contributed by atoms with Crippen molar-refractivity contribution in [3.8, 4) is 55.6 Å². The van der Waals surface area contributed by atoms with Gasteiger partial charge in [0.1, 0.15) is 0 Å². The Balaban J connectivity index is 1.27. The lowest BCUT2D eigenvalue weighted by Crippen LogP contribution is -2.31. The lowest BCUT2D eigenvalue weighted by molar-refractivity contribution is 0.364. The second kappa shape index (κ2) is 19.2. The fourth-order valence-electron chi connectivity index (χ4n) is 11.2. The van der Waals surface area contributed by atoms with Crippen LogP contribution in [-0.2, 0) is 5.41 Å². The van der Waals surface area contributed by atoms with E-state index in [4.69, 9.17) is 0 Å². The van der Waals surface area contributed by atoms with Gasteiger partial charge in [0.2, 0.25) is 0 Å². The van der Waals surface area contributed by atoms with Crippen molar-refractivity contribution >= 4 is 36.4 Å². The minimum Gasteiger partial charge on any atom is -0.0814 e. The van der Waals surface area contributed by atoms with E-state index in [0.717, 1.165) is 25.7 Å². The lowest BCUT2D eigenvalue weighted by atomic mass is 9.60. The molecule has 1 aliphatic rings. The molecule has 0 bridgehead atoms. The molecule has 332 valence electrons. The van der Waals surface area contributed by atoms with Crippen LogP contribution in [0.3, 0.4) is 0 Å². The van der Waals surface area contributed by atoms with Gasteiger partial charge in [-0.15, -0.1) is 0 Å². The van der Waals surface area contributed by atoms with Crippen LogP contribution in [-0.4, -0.2) is 14.6 Å². The molecule has 8 aromatic rings. The zero-order valence-electron chi connectivity index (χ0n) is 41.6. The van der Waals surface area contributed by atoms with E-state index in [0.29, 0.717) is 11.8 Å². The van der Waals surface area contributed by atoms with Gasteiger partial charge in [0.15, 0.2) is 14.6 Å². The highest BCUT2D eigenvalue weighted by Gasteiger charge is 2.44. The molecule has 0 heterocycles. The first-order chi connectivity index (χ1) is 32.3. The van der Waals surface area contributed by atoms with Gasteiger partial charge in [-0.1, -0.05) is 216 Å². The van der Waals surface area contributed by atoms with Gasteiger partial charge in [-0.05, 0) is 170 Å². The molecule has 8 aromatic carbocycles. The number of fused-ring (bicyclic) bond motifs is 3. The van der Waals surface area contributed by atoms with E-state index in [9.17, 15) is 0 Å². The van der Waals surface area contributed by atoms with E-state index < -0.39 is 0 Å². The molecule has 0 atom stereocenters. The van der Waals surface area contributed by atoms with Crippen LogP contribution in [0, 0.1) is 53.4 Å². The number of benzene rings is 8. The van der Waals surface area contributed by atoms with E-state index in [1.165, 1.54) is 122 Å². The molecular weight excluding hydrogens is 802 g/mol. The van der Waals surface area contributed by atoms with Crippen molar-refractivity contribution in [1.29, 1.82) is 0 Å². The van der Waals surface area contributed by atoms with Gasteiger partial charge in [0.25, 0.3) is 0 Å². The van der Waals surface area contributed by atoms with Crippen molar-refractivity contribution in [1.82, 2.24) is 0 Å². The van der Waals surface area contributed by atoms with Crippen LogP contribution in [0.4, 0.5) is 0 Å². The van der Waals surface area contributed by atoms with Crippen molar-refractivity contribution in [2.45, 2.75) is 100 Å². The van der Waals surface area contributed by atoms with Crippen LogP contribution in [0.5, 0.6) is 0 Å². The molecule has 0 nitrogen and oxygen atoms in total. The van der Waals surface area contributed by atoms with E-state index in [-0.39, 0.29) is 5.41 Å². The summed E-state index contributed by atoms with van der Waals surface area (Å²) in [5.74, 6) is 1.18. The smallest absolute Gasteiger partial charge is 0.0814 e. The summed E-state index contributed by atoms with van der Waals surface area (Å²) < 4.78 is 0. The summed E-state index contributed by atoms with van der Waals surface area (Å²) in [4.78, 5) is 0. The Morgan fingerprint density at radius 3 is 1.00 bits per heavy atom. The molecule has 0 saturated carbocycles. The maximum absolute atomic E-state index is 2.64. The van der Waals surface area contributed by atoms with E-state index in [1.54, 1.807) is 0 Å². The fraction of sp³-hybridized carbons (Fsp3) is 0.262. The maximum atomic E-state index is 2.64. The highest BCUT2D eigenvalue weighted by Crippen LogP contribution is 2.58. The Hall–Kier alpha value is -6.11. The molecule has 1 aliphatic carbocycles. The number of rotatable bonds is 14. The standard InChI is InChI=1S/C65H66B2/c1-41(2)29-31-65(32-30-42(3)4)61-39-57(50-19-15-12-16-20-50)55(49-17-13-11-14-18-49)37-59(61)60-38-56(51-21-25-53(26-22-51)66-63-45(7)33-43(5)34-46(63)8)58(40-62(60)65)52-23-27-54(28-24-52)67-64-47(9)35-44(6)36-48(64)10/h11-28,33-42H,29-32H2,1-10H3. The van der Waals surface area contributed by atoms with Crippen molar-refractivity contribution in [2.24, 2.45) is 11.8 Å². The highest BCUT2D eigenvalue weighted by molar-refractivity contribution is 6.68. The number of hydrogen-bond acceptors (Lipinski definition) is 0. The SMILES string of the molecule is Cc1cc(C)c([B]c2ccc(-c3cc4c(cc3-c3ccc([B]c5c(C)cc(C)cc5C)cc3)C(CCC(C)C)(CCC(C)C)c3cc(-c5ccccc5)c(-c5ccccc5)cc3-4)cc2)c(C)c1. The maximum Gasteiger partial charge on any atom is 0.192 e. The van der Waals surface area contributed by atoms with Crippen LogP contribution in [0.2, 0.25) is 0 Å². The zero-order valence-corrected chi connectivity index (χ0v) is 41.6. The fourth-order valence-corrected chi connectivity index (χ4v) is 11.2. The Morgan fingerprint density at radius 1 is 0.358 bits per heavy atom. The van der Waals surface area contributed by atoms with Gasteiger partial charge in [0, 0.05) is 5.41 Å². The highest BCUT2D eigenvalue weighted by atomic mass is 14.5. The van der Waals surface area contributed by atoms with E-state index in [1.807, 2.05) is 0 Å². The Labute approximate surface area is 404 Å². The van der Waals surface area contributed by atoms with Crippen LogP contribution in [0.15, 0.2) is 158 Å². The molecular formula is C65H66B2. The first-order valence-electron chi connectivity index (χ1n) is 24.8. The third-order valence-electron chi connectivity index (χ3n) is 14.6. The molecule has 0 saturated heterocycles. The summed E-state index contributed by atoms with van der Waals surface area (Å²) in [6, 6.07) is 60.5. The van der Waals surface area contributed by atoms with Crippen molar-refractivity contribution in [3.63, 3.8) is 0 Å². The topological polar surface area (TPSA) is 0 Å². The van der Waals surface area contributed by atoms with Crippen LogP contribution in [0.25, 0.3) is 55.6 Å². The first-order valence-corrected chi connectivity index (χ1v) is 24.8. The quantitative estimate of drug-likeness (QED) is 0.0955. The van der Waals surface area contributed by atoms with Gasteiger partial charge >= 0.3 is 0 Å². The van der Waals surface area contributed by atoms with Gasteiger partial charge in [-0.25, -0.2) is 0 Å². The second-order valence-electron chi connectivity index (χ2n) is 20.7. The van der Waals surface area contributed by atoms with Crippen molar-refractivity contribution in [2.75, 3.05) is 0 Å². The summed E-state index contributed by atoms with van der Waals surface area (Å²) in [6.45, 7) is 22.9. The molecule has 0 spiro atoms. The summed E-state index contributed by atoms with van der Waals surface area (Å²) in [5.41, 5.74) is 28.8. The first kappa shape index (κ1) is 46.0. The minimum absolute atomic E-state index is 0.137. The van der Waals surface area contributed by atoms with E-state index >= 15 is 0 Å². The average Bonchev–Trinajstić information content (AvgIpc) is 3.57. The summed E-state index contributed by atoms with van der Waals surface area (Å²) in [6.07, 6.45) is 4.55. The second-order valence-corrected chi connectivity index (χ2v) is 20.7. The molecule has 67 heavy (non-hydrogen) atoms.